The van der Waals surface area contributed by atoms with E-state index in [1.165, 1.54) is 12.4 Å². The first-order chi connectivity index (χ1) is 16.1. The number of carbonyl (C=O) groups excluding carboxylic acids is 2. The summed E-state index contributed by atoms with van der Waals surface area (Å²) >= 11 is 0. The van der Waals surface area contributed by atoms with Crippen molar-refractivity contribution in [3.8, 4) is 5.88 Å². The molecule has 1 atom stereocenters. The van der Waals surface area contributed by atoms with E-state index in [2.05, 4.69) is 15.3 Å². The number of aromatic nitrogens is 2. The van der Waals surface area contributed by atoms with Crippen LogP contribution in [0.5, 0.6) is 5.88 Å². The number of nitrogens with one attached hydrogen (secondary N) is 1. The molecule has 2 aromatic rings. The minimum Gasteiger partial charge on any atom is -0.468 e. The van der Waals surface area contributed by atoms with Crippen molar-refractivity contribution in [1.82, 2.24) is 14.9 Å². The lowest BCUT2D eigenvalue weighted by Crippen LogP contribution is -2.29. The van der Waals surface area contributed by atoms with Crippen LogP contribution in [0, 0.1) is 12.8 Å². The lowest BCUT2D eigenvalue weighted by Gasteiger charge is -2.25. The fourth-order valence-electron chi connectivity index (χ4n) is 4.14. The third kappa shape index (κ3) is 5.14. The molecule has 11 heteroatoms. The van der Waals surface area contributed by atoms with E-state index >= 15 is 0 Å². The number of pyridine rings is 2. The average molecular weight is 478 g/mol. The molecular formula is C23H25F3N4O4. The Morgan fingerprint density at radius 2 is 2.06 bits per heavy atom. The van der Waals surface area contributed by atoms with Gasteiger partial charge in [-0.15, -0.1) is 0 Å². The molecule has 8 nitrogen and oxygen atoms in total. The molecule has 2 aliphatic rings. The Morgan fingerprint density at radius 1 is 1.32 bits per heavy atom. The monoisotopic (exact) mass is 478 g/mol. The number of fused-ring (bicyclic) bond motifs is 1. The summed E-state index contributed by atoms with van der Waals surface area (Å²) in [5, 5.41) is 2.87. The molecule has 0 spiro atoms. The molecule has 0 aliphatic carbocycles. The first kappa shape index (κ1) is 23.9. The van der Waals surface area contributed by atoms with Crippen LogP contribution in [0.4, 0.5) is 19.0 Å². The Balaban J connectivity index is 1.49. The maximum atomic E-state index is 13.1. The quantitative estimate of drug-likeness (QED) is 0.679. The lowest BCUT2D eigenvalue weighted by molar-refractivity contribution is -0.154. The van der Waals surface area contributed by atoms with E-state index < -0.39 is 18.8 Å². The number of aryl methyl sites for hydroxylation is 1. The zero-order chi connectivity index (χ0) is 24.5. The van der Waals surface area contributed by atoms with Gasteiger partial charge >= 0.3 is 6.18 Å². The molecular weight excluding hydrogens is 453 g/mol. The zero-order valence-electron chi connectivity index (χ0n) is 18.8. The fraction of sp³-hybridized carbons (Fsp3) is 0.478. The Labute approximate surface area is 194 Å². The number of ether oxygens (including phenoxy) is 2. The summed E-state index contributed by atoms with van der Waals surface area (Å²) < 4.78 is 47.4. The average Bonchev–Trinajstić information content (AvgIpc) is 3.15. The van der Waals surface area contributed by atoms with Gasteiger partial charge in [-0.25, -0.2) is 9.97 Å². The normalized spacial score (nSPS) is 17.4. The van der Waals surface area contributed by atoms with E-state index in [1.54, 1.807) is 24.0 Å². The van der Waals surface area contributed by atoms with E-state index in [4.69, 9.17) is 9.47 Å². The topological polar surface area (TPSA) is 93.7 Å². The van der Waals surface area contributed by atoms with Crippen LogP contribution >= 0.6 is 0 Å². The van der Waals surface area contributed by atoms with Gasteiger partial charge in [-0.3, -0.25) is 9.59 Å². The van der Waals surface area contributed by atoms with Crippen molar-refractivity contribution in [2.45, 2.75) is 45.5 Å². The largest absolute Gasteiger partial charge is 0.468 e. The van der Waals surface area contributed by atoms with Gasteiger partial charge < -0.3 is 19.7 Å². The number of anilines is 1. The van der Waals surface area contributed by atoms with Crippen molar-refractivity contribution in [3.63, 3.8) is 0 Å². The lowest BCUT2D eigenvalue weighted by atomic mass is 9.99. The first-order valence-corrected chi connectivity index (χ1v) is 11.0. The Hall–Kier alpha value is -3.21. The van der Waals surface area contributed by atoms with Crippen LogP contribution in [0.15, 0.2) is 24.5 Å². The van der Waals surface area contributed by atoms with Crippen LogP contribution in [0.1, 0.15) is 52.9 Å². The molecule has 1 N–H and O–H groups in total. The van der Waals surface area contributed by atoms with Gasteiger partial charge in [-0.1, -0.05) is 0 Å². The van der Waals surface area contributed by atoms with Crippen LogP contribution in [0.2, 0.25) is 0 Å². The van der Waals surface area contributed by atoms with E-state index in [0.717, 1.165) is 0 Å². The van der Waals surface area contributed by atoms with Crippen molar-refractivity contribution in [2.24, 2.45) is 5.92 Å². The number of nitrogens with zero attached hydrogens (tertiary/aromatic N) is 3. The zero-order valence-corrected chi connectivity index (χ0v) is 18.8. The van der Waals surface area contributed by atoms with Gasteiger partial charge in [0.25, 0.3) is 5.91 Å². The molecule has 1 fully saturated rings. The molecule has 4 rings (SSSR count). The van der Waals surface area contributed by atoms with Crippen molar-refractivity contribution < 1.29 is 32.2 Å². The van der Waals surface area contributed by atoms with Crippen LogP contribution < -0.4 is 10.1 Å². The van der Waals surface area contributed by atoms with E-state index in [1.807, 2.05) is 6.92 Å². The first-order valence-electron chi connectivity index (χ1n) is 11.0. The standard InChI is InChI=1S/C23H25F3N4O4/c1-13-9-16(10-28-21(13)34-12-23(24,25)26)14(2)30-11-18-17(22(30)32)3-6-27-19(18)29-20(31)15-4-7-33-8-5-15/h3,6,9-10,14-15H,4-5,7-8,11-12H2,1-2H3,(H,27,29,31). The minimum absolute atomic E-state index is 0.105. The molecule has 2 aliphatic heterocycles. The summed E-state index contributed by atoms with van der Waals surface area (Å²) in [5.74, 6) is -0.265. The third-order valence-corrected chi connectivity index (χ3v) is 6.08. The maximum Gasteiger partial charge on any atom is 0.422 e. The minimum atomic E-state index is -4.46. The summed E-state index contributed by atoms with van der Waals surface area (Å²) in [7, 11) is 0. The van der Waals surface area contributed by atoms with Gasteiger partial charge in [0.1, 0.15) is 5.82 Å². The molecule has 1 unspecified atom stereocenters. The summed E-state index contributed by atoms with van der Waals surface area (Å²) in [6, 6.07) is 2.86. The van der Waals surface area contributed by atoms with E-state index in [0.29, 0.717) is 54.1 Å². The van der Waals surface area contributed by atoms with Crippen molar-refractivity contribution in [1.29, 1.82) is 0 Å². The van der Waals surface area contributed by atoms with Gasteiger partial charge in [0.05, 0.1) is 12.6 Å². The molecule has 0 saturated carbocycles. The Bertz CT molecular complexity index is 1090. The number of carbonyl (C=O) groups is 2. The third-order valence-electron chi connectivity index (χ3n) is 6.08. The predicted molar refractivity (Wildman–Crippen MR) is 115 cm³/mol. The van der Waals surface area contributed by atoms with Crippen LogP contribution in [-0.4, -0.2) is 52.7 Å². The molecule has 0 bridgehead atoms. The Morgan fingerprint density at radius 3 is 2.74 bits per heavy atom. The van der Waals surface area contributed by atoms with Gasteiger partial charge in [-0.2, -0.15) is 13.2 Å². The second-order valence-electron chi connectivity index (χ2n) is 8.47. The number of hydrogen-bond acceptors (Lipinski definition) is 6. The van der Waals surface area contributed by atoms with Gasteiger partial charge in [0, 0.05) is 48.2 Å². The summed E-state index contributed by atoms with van der Waals surface area (Å²) in [4.78, 5) is 35.7. The number of amides is 2. The van der Waals surface area contributed by atoms with Crippen molar-refractivity contribution in [3.05, 3.63) is 46.8 Å². The molecule has 2 amide bonds. The summed E-state index contributed by atoms with van der Waals surface area (Å²) in [5.41, 5.74) is 2.18. The molecule has 182 valence electrons. The molecule has 34 heavy (non-hydrogen) atoms. The number of alkyl halides is 3. The number of rotatable bonds is 6. The van der Waals surface area contributed by atoms with Crippen molar-refractivity contribution in [2.75, 3.05) is 25.1 Å². The fourth-order valence-corrected chi connectivity index (χ4v) is 4.14. The summed E-state index contributed by atoms with van der Waals surface area (Å²) in [6.07, 6.45) is -0.287. The second kappa shape index (κ2) is 9.57. The Kier molecular flexibility index (Phi) is 6.74. The van der Waals surface area contributed by atoms with E-state index in [9.17, 15) is 22.8 Å². The SMILES string of the molecule is Cc1cc(C(C)N2Cc3c(ccnc3NC(=O)C3CCOCC3)C2=O)cnc1OCC(F)(F)F. The van der Waals surface area contributed by atoms with Gasteiger partial charge in [0.2, 0.25) is 11.8 Å². The maximum absolute atomic E-state index is 13.1. The molecule has 1 saturated heterocycles. The highest BCUT2D eigenvalue weighted by atomic mass is 19.4. The molecule has 0 aromatic carbocycles. The van der Waals surface area contributed by atoms with Gasteiger partial charge in [-0.05, 0) is 44.4 Å². The van der Waals surface area contributed by atoms with Crippen LogP contribution in [-0.2, 0) is 16.1 Å². The highest BCUT2D eigenvalue weighted by molar-refractivity contribution is 6.01. The molecule has 4 heterocycles. The van der Waals surface area contributed by atoms with Crippen LogP contribution in [0.3, 0.4) is 0 Å². The second-order valence-corrected chi connectivity index (χ2v) is 8.47. The number of halogens is 3. The smallest absolute Gasteiger partial charge is 0.422 e. The molecule has 2 aromatic heterocycles. The van der Waals surface area contributed by atoms with Crippen molar-refractivity contribution >= 4 is 17.6 Å². The van der Waals surface area contributed by atoms with Gasteiger partial charge in [0.15, 0.2) is 6.61 Å². The van der Waals surface area contributed by atoms with Crippen LogP contribution in [0.25, 0.3) is 0 Å². The highest BCUT2D eigenvalue weighted by Crippen LogP contribution is 2.35. The highest BCUT2D eigenvalue weighted by Gasteiger charge is 2.35. The predicted octanol–water partition coefficient (Wildman–Crippen LogP) is 3.81. The number of hydrogen-bond donors (Lipinski definition) is 1. The van der Waals surface area contributed by atoms with E-state index in [-0.39, 0.29) is 30.2 Å². The molecule has 0 radical (unpaired) electrons. The summed E-state index contributed by atoms with van der Waals surface area (Å²) in [6.45, 7) is 3.29.